The summed E-state index contributed by atoms with van der Waals surface area (Å²) in [6, 6.07) is 8.41. The van der Waals surface area contributed by atoms with Crippen LogP contribution in [0.1, 0.15) is 30.4 Å². The van der Waals surface area contributed by atoms with Crippen molar-refractivity contribution in [3.05, 3.63) is 35.4 Å². The number of benzene rings is 1. The maximum absolute atomic E-state index is 12.6. The number of hydrogen-bond donors (Lipinski definition) is 0. The van der Waals surface area contributed by atoms with E-state index in [0.717, 1.165) is 38.4 Å². The van der Waals surface area contributed by atoms with E-state index < -0.39 is 0 Å². The van der Waals surface area contributed by atoms with E-state index >= 15 is 0 Å². The highest BCUT2D eigenvalue weighted by Gasteiger charge is 2.25. The Morgan fingerprint density at radius 1 is 1.20 bits per heavy atom. The van der Waals surface area contributed by atoms with E-state index in [9.17, 15) is 4.79 Å². The fourth-order valence-electron chi connectivity index (χ4n) is 3.60. The van der Waals surface area contributed by atoms with Crippen LogP contribution in [0.15, 0.2) is 24.3 Å². The van der Waals surface area contributed by atoms with E-state index in [1.165, 1.54) is 37.1 Å². The first kappa shape index (κ1) is 18.7. The molecule has 0 aliphatic carbocycles. The summed E-state index contributed by atoms with van der Waals surface area (Å²) in [6.45, 7) is 7.83. The van der Waals surface area contributed by atoms with Crippen molar-refractivity contribution >= 4 is 17.7 Å². The fraction of sp³-hybridized carbons (Fsp3) is 0.650. The second kappa shape index (κ2) is 9.60. The molecule has 3 rings (SSSR count). The third-order valence-electron chi connectivity index (χ3n) is 5.11. The topological polar surface area (TPSA) is 32.8 Å². The van der Waals surface area contributed by atoms with Gasteiger partial charge in [0, 0.05) is 32.0 Å². The molecule has 0 saturated carbocycles. The average Bonchev–Trinajstić information content (AvgIpc) is 3.00. The molecule has 4 nitrogen and oxygen atoms in total. The predicted octanol–water partition coefficient (Wildman–Crippen LogP) is 2.94. The SMILES string of the molecule is Cc1ccccc1CSCC(=O)N1CCCO[C@H](CN2CCCC2)C1. The minimum absolute atomic E-state index is 0.172. The highest BCUT2D eigenvalue weighted by Crippen LogP contribution is 2.18. The summed E-state index contributed by atoms with van der Waals surface area (Å²) < 4.78 is 5.99. The number of likely N-dealkylation sites (tertiary alicyclic amines) is 1. The van der Waals surface area contributed by atoms with E-state index in [4.69, 9.17) is 4.74 Å². The van der Waals surface area contributed by atoms with Crippen LogP contribution in [-0.4, -0.2) is 66.9 Å². The van der Waals surface area contributed by atoms with Gasteiger partial charge in [-0.3, -0.25) is 4.79 Å². The first-order valence-corrected chi connectivity index (χ1v) is 10.6. The van der Waals surface area contributed by atoms with Crippen molar-refractivity contribution in [3.63, 3.8) is 0 Å². The first-order valence-electron chi connectivity index (χ1n) is 9.46. The van der Waals surface area contributed by atoms with Crippen molar-refractivity contribution in [2.45, 2.75) is 38.0 Å². The molecule has 0 radical (unpaired) electrons. The van der Waals surface area contributed by atoms with Gasteiger partial charge in [-0.05, 0) is 50.4 Å². The van der Waals surface area contributed by atoms with Gasteiger partial charge < -0.3 is 14.5 Å². The van der Waals surface area contributed by atoms with Crippen LogP contribution in [-0.2, 0) is 15.3 Å². The fourth-order valence-corrected chi connectivity index (χ4v) is 4.60. The van der Waals surface area contributed by atoms with Crippen molar-refractivity contribution in [1.29, 1.82) is 0 Å². The number of amides is 1. The quantitative estimate of drug-likeness (QED) is 0.779. The van der Waals surface area contributed by atoms with Gasteiger partial charge in [-0.2, -0.15) is 0 Å². The van der Waals surface area contributed by atoms with E-state index in [1.54, 1.807) is 11.8 Å². The van der Waals surface area contributed by atoms with Crippen molar-refractivity contribution < 1.29 is 9.53 Å². The third kappa shape index (κ3) is 5.73. The van der Waals surface area contributed by atoms with Gasteiger partial charge in [-0.15, -0.1) is 11.8 Å². The molecule has 2 fully saturated rings. The largest absolute Gasteiger partial charge is 0.375 e. The van der Waals surface area contributed by atoms with Gasteiger partial charge in [0.1, 0.15) is 0 Å². The average molecular weight is 363 g/mol. The molecule has 1 aromatic rings. The molecular formula is C20H30N2O2S. The van der Waals surface area contributed by atoms with Gasteiger partial charge in [-0.1, -0.05) is 24.3 Å². The minimum Gasteiger partial charge on any atom is -0.375 e. The second-order valence-electron chi connectivity index (χ2n) is 7.11. The Morgan fingerprint density at radius 2 is 2.00 bits per heavy atom. The van der Waals surface area contributed by atoms with Gasteiger partial charge in [-0.25, -0.2) is 0 Å². The van der Waals surface area contributed by atoms with Crippen LogP contribution in [0.5, 0.6) is 0 Å². The predicted molar refractivity (Wildman–Crippen MR) is 104 cm³/mol. The van der Waals surface area contributed by atoms with E-state index in [0.29, 0.717) is 5.75 Å². The van der Waals surface area contributed by atoms with E-state index in [-0.39, 0.29) is 12.0 Å². The molecule has 2 saturated heterocycles. The summed E-state index contributed by atoms with van der Waals surface area (Å²) in [4.78, 5) is 17.1. The number of rotatable bonds is 6. The minimum atomic E-state index is 0.172. The number of nitrogens with zero attached hydrogens (tertiary/aromatic N) is 2. The summed E-state index contributed by atoms with van der Waals surface area (Å²) in [6.07, 6.45) is 3.71. The molecule has 1 atom stereocenters. The third-order valence-corrected chi connectivity index (χ3v) is 6.07. The number of hydrogen-bond acceptors (Lipinski definition) is 4. The molecule has 138 valence electrons. The zero-order valence-electron chi connectivity index (χ0n) is 15.3. The molecule has 1 aromatic carbocycles. The van der Waals surface area contributed by atoms with Gasteiger partial charge in [0.25, 0.3) is 0 Å². The number of carbonyl (C=O) groups is 1. The summed E-state index contributed by atoms with van der Waals surface area (Å²) in [5.74, 6) is 1.72. The standard InChI is InChI=1S/C20H30N2O2S/c1-17-7-2-3-8-18(17)15-25-16-20(23)22-11-6-12-24-19(14-22)13-21-9-4-5-10-21/h2-3,7-8,19H,4-6,9-16H2,1H3/t19-/m1/s1. The van der Waals surface area contributed by atoms with E-state index in [2.05, 4.69) is 36.1 Å². The maximum atomic E-state index is 12.6. The molecule has 5 heteroatoms. The number of aryl methyl sites for hydroxylation is 1. The normalized spacial score (nSPS) is 22.1. The summed E-state index contributed by atoms with van der Waals surface area (Å²) in [7, 11) is 0. The van der Waals surface area contributed by atoms with Gasteiger partial charge in [0.2, 0.25) is 5.91 Å². The Hall–Kier alpha value is -1.04. The van der Waals surface area contributed by atoms with Crippen LogP contribution in [0.3, 0.4) is 0 Å². The smallest absolute Gasteiger partial charge is 0.232 e. The van der Waals surface area contributed by atoms with Crippen LogP contribution in [0.25, 0.3) is 0 Å². The Balaban J connectivity index is 1.45. The first-order chi connectivity index (χ1) is 12.2. The Bertz CT molecular complexity index is 560. The lowest BCUT2D eigenvalue weighted by atomic mass is 10.1. The number of ether oxygens (including phenoxy) is 1. The second-order valence-corrected chi connectivity index (χ2v) is 8.10. The summed E-state index contributed by atoms with van der Waals surface area (Å²) in [5, 5.41) is 0. The molecule has 25 heavy (non-hydrogen) atoms. The monoisotopic (exact) mass is 362 g/mol. The van der Waals surface area contributed by atoms with Crippen LogP contribution in [0.2, 0.25) is 0 Å². The summed E-state index contributed by atoms with van der Waals surface area (Å²) >= 11 is 1.72. The summed E-state index contributed by atoms with van der Waals surface area (Å²) in [5.41, 5.74) is 2.63. The number of thioether (sulfide) groups is 1. The van der Waals surface area contributed by atoms with Gasteiger partial charge in [0.15, 0.2) is 0 Å². The molecule has 2 aliphatic rings. The highest BCUT2D eigenvalue weighted by molar-refractivity contribution is 7.99. The molecular weight excluding hydrogens is 332 g/mol. The number of carbonyl (C=O) groups excluding carboxylic acids is 1. The van der Waals surface area contributed by atoms with Gasteiger partial charge >= 0.3 is 0 Å². The molecule has 0 spiro atoms. The van der Waals surface area contributed by atoms with Crippen molar-refractivity contribution in [2.75, 3.05) is 45.1 Å². The Kier molecular flexibility index (Phi) is 7.20. The molecule has 0 bridgehead atoms. The lowest BCUT2D eigenvalue weighted by Crippen LogP contribution is -2.42. The van der Waals surface area contributed by atoms with Crippen molar-refractivity contribution in [2.24, 2.45) is 0 Å². The van der Waals surface area contributed by atoms with Crippen LogP contribution in [0, 0.1) is 6.92 Å². The molecule has 0 N–H and O–H groups in total. The Morgan fingerprint density at radius 3 is 2.80 bits per heavy atom. The Labute approximate surface area is 155 Å². The lowest BCUT2D eigenvalue weighted by molar-refractivity contribution is -0.129. The van der Waals surface area contributed by atoms with Crippen LogP contribution >= 0.6 is 11.8 Å². The molecule has 0 aromatic heterocycles. The van der Waals surface area contributed by atoms with E-state index in [1.807, 2.05) is 4.90 Å². The zero-order chi connectivity index (χ0) is 17.5. The van der Waals surface area contributed by atoms with Crippen LogP contribution in [0.4, 0.5) is 0 Å². The van der Waals surface area contributed by atoms with Crippen molar-refractivity contribution in [1.82, 2.24) is 9.80 Å². The van der Waals surface area contributed by atoms with Crippen LogP contribution < -0.4 is 0 Å². The molecule has 2 aliphatic heterocycles. The lowest BCUT2D eigenvalue weighted by Gasteiger charge is -2.27. The highest BCUT2D eigenvalue weighted by atomic mass is 32.2. The van der Waals surface area contributed by atoms with Crippen molar-refractivity contribution in [3.8, 4) is 0 Å². The molecule has 2 heterocycles. The molecule has 1 amide bonds. The zero-order valence-corrected chi connectivity index (χ0v) is 16.1. The molecule has 0 unspecified atom stereocenters. The van der Waals surface area contributed by atoms with Gasteiger partial charge in [0.05, 0.1) is 11.9 Å². The maximum Gasteiger partial charge on any atom is 0.232 e.